The average molecular weight is 618 g/mol. The number of hydrogen-bond acceptors (Lipinski definition) is 9. The van der Waals surface area contributed by atoms with Crippen LogP contribution in [0.5, 0.6) is 23.0 Å². The van der Waals surface area contributed by atoms with E-state index in [9.17, 15) is 9.59 Å². The van der Waals surface area contributed by atoms with Gasteiger partial charge in [0.25, 0.3) is 5.56 Å². The predicted octanol–water partition coefficient (Wildman–Crippen LogP) is 3.98. The summed E-state index contributed by atoms with van der Waals surface area (Å²) in [5.74, 6) is 1.46. The van der Waals surface area contributed by atoms with Gasteiger partial charge in [-0.1, -0.05) is 27.3 Å². The smallest absolute Gasteiger partial charge is 0.338 e. The molecule has 0 unspecified atom stereocenters. The maximum absolute atomic E-state index is 14.1. The summed E-state index contributed by atoms with van der Waals surface area (Å²) in [6.45, 7) is 5.28. The van der Waals surface area contributed by atoms with Crippen LogP contribution in [0.25, 0.3) is 6.08 Å². The summed E-state index contributed by atoms with van der Waals surface area (Å²) < 4.78 is 30.4. The van der Waals surface area contributed by atoms with Gasteiger partial charge >= 0.3 is 5.97 Å². The zero-order valence-electron chi connectivity index (χ0n) is 22.7. The number of aromatic nitrogens is 1. The molecule has 0 aliphatic carbocycles. The van der Waals surface area contributed by atoms with E-state index in [2.05, 4.69) is 20.9 Å². The lowest BCUT2D eigenvalue weighted by Gasteiger charge is -2.26. The predicted molar refractivity (Wildman–Crippen MR) is 152 cm³/mol. The van der Waals surface area contributed by atoms with E-state index in [1.165, 1.54) is 30.1 Å². The molecule has 206 valence electrons. The summed E-state index contributed by atoms with van der Waals surface area (Å²) in [5.41, 5.74) is 1.56. The van der Waals surface area contributed by atoms with Gasteiger partial charge in [-0.15, -0.1) is 0 Å². The quantitative estimate of drug-likeness (QED) is 0.353. The first kappa shape index (κ1) is 28.4. The average Bonchev–Trinajstić information content (AvgIpc) is 3.21. The minimum absolute atomic E-state index is 0.263. The summed E-state index contributed by atoms with van der Waals surface area (Å²) in [7, 11) is 6.15. The number of rotatable bonds is 8. The second-order valence-electron chi connectivity index (χ2n) is 8.87. The molecule has 1 atom stereocenters. The Morgan fingerprint density at radius 1 is 1.03 bits per heavy atom. The Hall–Kier alpha value is -3.57. The SMILES string of the molecule is COc1cc(OC)c(/C=c2\sc3n(c2=O)[C@@H](c2cc(Br)ccc2OC)C(C(=O)OC(C)C)=C(C)N=3)c(OC)c1. The zero-order valence-corrected chi connectivity index (χ0v) is 25.1. The summed E-state index contributed by atoms with van der Waals surface area (Å²) in [6, 6.07) is 8.04. The molecule has 0 N–H and O–H groups in total. The number of allylic oxidation sites excluding steroid dienone is 1. The molecule has 0 bridgehead atoms. The van der Waals surface area contributed by atoms with Crippen LogP contribution in [-0.4, -0.2) is 45.1 Å². The minimum Gasteiger partial charge on any atom is -0.496 e. The molecular formula is C28H29BrN2O7S. The number of carbonyl (C=O) groups excluding carboxylic acids is 1. The second kappa shape index (κ2) is 11.7. The molecule has 0 fully saturated rings. The summed E-state index contributed by atoms with van der Waals surface area (Å²) in [5, 5.41) is 0. The fourth-order valence-electron chi connectivity index (χ4n) is 4.38. The standard InChI is InChI=1S/C28H29BrN2O7S/c1-14(2)38-27(33)24-15(3)30-28-31(25(24)19-10-16(29)8-9-20(19)35-5)26(32)23(39-28)13-18-21(36-6)11-17(34-4)12-22(18)37-7/h8-14,25H,1-7H3/b23-13-/t25-/m0/s1. The Bertz CT molecular complexity index is 1610. The molecule has 4 rings (SSSR count). The van der Waals surface area contributed by atoms with Crippen LogP contribution in [-0.2, 0) is 9.53 Å². The van der Waals surface area contributed by atoms with Crippen molar-refractivity contribution in [3.63, 3.8) is 0 Å². The molecule has 39 heavy (non-hydrogen) atoms. The molecule has 2 aromatic carbocycles. The number of nitrogens with zero attached hydrogens (tertiary/aromatic N) is 2. The number of methoxy groups -OCH3 is 4. The normalized spacial score (nSPS) is 15.1. The Balaban J connectivity index is 2.03. The Morgan fingerprint density at radius 2 is 1.67 bits per heavy atom. The molecule has 3 aromatic rings. The van der Waals surface area contributed by atoms with Gasteiger partial charge < -0.3 is 23.7 Å². The van der Waals surface area contributed by atoms with Crippen molar-refractivity contribution in [3.05, 3.63) is 76.9 Å². The first-order valence-corrected chi connectivity index (χ1v) is 13.6. The second-order valence-corrected chi connectivity index (χ2v) is 10.8. The Morgan fingerprint density at radius 3 is 2.23 bits per heavy atom. The number of halogens is 1. The molecule has 1 aromatic heterocycles. The molecule has 0 saturated heterocycles. The number of ether oxygens (including phenoxy) is 5. The highest BCUT2D eigenvalue weighted by Crippen LogP contribution is 2.38. The third-order valence-corrected chi connectivity index (χ3v) is 7.58. The van der Waals surface area contributed by atoms with Crippen LogP contribution in [0.1, 0.15) is 37.9 Å². The maximum atomic E-state index is 14.1. The molecule has 2 heterocycles. The lowest BCUT2D eigenvalue weighted by atomic mass is 9.95. The molecule has 0 saturated carbocycles. The highest BCUT2D eigenvalue weighted by molar-refractivity contribution is 9.10. The fourth-order valence-corrected chi connectivity index (χ4v) is 5.79. The Labute approximate surface area is 238 Å². The van der Waals surface area contributed by atoms with Crippen molar-refractivity contribution < 1.29 is 28.5 Å². The van der Waals surface area contributed by atoms with Gasteiger partial charge in [-0.05, 0) is 45.0 Å². The van der Waals surface area contributed by atoms with Crippen LogP contribution in [0.3, 0.4) is 0 Å². The van der Waals surface area contributed by atoms with Crippen LogP contribution in [0.2, 0.25) is 0 Å². The van der Waals surface area contributed by atoms with E-state index in [4.69, 9.17) is 23.7 Å². The van der Waals surface area contributed by atoms with Gasteiger partial charge in [0.2, 0.25) is 0 Å². The summed E-state index contributed by atoms with van der Waals surface area (Å²) in [4.78, 5) is 32.5. The van der Waals surface area contributed by atoms with Gasteiger partial charge in [0.1, 0.15) is 29.0 Å². The molecule has 0 spiro atoms. The lowest BCUT2D eigenvalue weighted by molar-refractivity contribution is -0.143. The fraction of sp³-hybridized carbons (Fsp3) is 0.321. The number of benzene rings is 2. The van der Waals surface area contributed by atoms with Crippen LogP contribution >= 0.6 is 27.3 Å². The van der Waals surface area contributed by atoms with Crippen LogP contribution in [0.15, 0.2) is 55.9 Å². The van der Waals surface area contributed by atoms with Gasteiger partial charge in [-0.3, -0.25) is 9.36 Å². The van der Waals surface area contributed by atoms with Crippen molar-refractivity contribution in [2.75, 3.05) is 28.4 Å². The molecule has 9 nitrogen and oxygen atoms in total. The number of carbonyl (C=O) groups is 1. The van der Waals surface area contributed by atoms with Gasteiger partial charge in [0.05, 0.1) is 55.9 Å². The summed E-state index contributed by atoms with van der Waals surface area (Å²) >= 11 is 4.72. The largest absolute Gasteiger partial charge is 0.496 e. The van der Waals surface area contributed by atoms with Crippen LogP contribution in [0.4, 0.5) is 0 Å². The van der Waals surface area contributed by atoms with E-state index >= 15 is 0 Å². The van der Waals surface area contributed by atoms with Crippen molar-refractivity contribution >= 4 is 39.3 Å². The Kier molecular flexibility index (Phi) is 8.51. The third kappa shape index (κ3) is 5.46. The molecule has 0 amide bonds. The van der Waals surface area contributed by atoms with Gasteiger partial charge in [-0.2, -0.15) is 0 Å². The maximum Gasteiger partial charge on any atom is 0.338 e. The van der Waals surface area contributed by atoms with Crippen molar-refractivity contribution in [2.24, 2.45) is 4.99 Å². The van der Waals surface area contributed by atoms with Crippen molar-refractivity contribution in [1.29, 1.82) is 0 Å². The zero-order chi connectivity index (χ0) is 28.4. The topological polar surface area (TPSA) is 97.6 Å². The lowest BCUT2D eigenvalue weighted by Crippen LogP contribution is -2.40. The minimum atomic E-state index is -0.832. The van der Waals surface area contributed by atoms with Gasteiger partial charge in [0, 0.05) is 22.2 Å². The van der Waals surface area contributed by atoms with E-state index in [0.29, 0.717) is 49.2 Å². The van der Waals surface area contributed by atoms with E-state index in [1.807, 2.05) is 12.1 Å². The molecular weight excluding hydrogens is 588 g/mol. The van der Waals surface area contributed by atoms with E-state index in [-0.39, 0.29) is 17.2 Å². The van der Waals surface area contributed by atoms with Gasteiger partial charge in [0.15, 0.2) is 4.80 Å². The number of fused-ring (bicyclic) bond motifs is 1. The van der Waals surface area contributed by atoms with Gasteiger partial charge in [-0.25, -0.2) is 9.79 Å². The van der Waals surface area contributed by atoms with E-state index < -0.39 is 12.0 Å². The summed E-state index contributed by atoms with van der Waals surface area (Å²) in [6.07, 6.45) is 1.34. The first-order valence-electron chi connectivity index (χ1n) is 12.0. The third-order valence-electron chi connectivity index (χ3n) is 6.10. The molecule has 11 heteroatoms. The highest BCUT2D eigenvalue weighted by Gasteiger charge is 2.35. The van der Waals surface area contributed by atoms with Crippen LogP contribution in [0, 0.1) is 0 Å². The van der Waals surface area contributed by atoms with Crippen molar-refractivity contribution in [3.8, 4) is 23.0 Å². The number of hydrogen-bond donors (Lipinski definition) is 0. The highest BCUT2D eigenvalue weighted by atomic mass is 79.9. The van der Waals surface area contributed by atoms with Crippen molar-refractivity contribution in [1.82, 2.24) is 4.57 Å². The molecule has 1 aliphatic heterocycles. The van der Waals surface area contributed by atoms with Crippen LogP contribution < -0.4 is 33.8 Å². The first-order chi connectivity index (χ1) is 18.6. The number of esters is 1. The number of thiazole rings is 1. The molecule has 1 aliphatic rings. The molecule has 0 radical (unpaired) electrons. The van der Waals surface area contributed by atoms with E-state index in [1.54, 1.807) is 59.3 Å². The van der Waals surface area contributed by atoms with Crippen molar-refractivity contribution in [2.45, 2.75) is 32.9 Å². The van der Waals surface area contributed by atoms with E-state index in [0.717, 1.165) is 4.47 Å². The monoisotopic (exact) mass is 616 g/mol.